The third-order valence-electron chi connectivity index (χ3n) is 3.99. The summed E-state index contributed by atoms with van der Waals surface area (Å²) in [6, 6.07) is 24.9. The highest BCUT2D eigenvalue weighted by atomic mass is 35.5. The highest BCUT2D eigenvalue weighted by Crippen LogP contribution is 2.26. The van der Waals surface area contributed by atoms with Gasteiger partial charge in [0.05, 0.1) is 16.2 Å². The Morgan fingerprint density at radius 1 is 0.773 bits per heavy atom. The Morgan fingerprint density at radius 3 is 2.41 bits per heavy atom. The quantitative estimate of drug-likeness (QED) is 0.467. The minimum Gasteiger partial charge on any atom is -0.251 e. The summed E-state index contributed by atoms with van der Waals surface area (Å²) in [4.78, 5) is 4.74. The first kappa shape index (κ1) is 13.3. The van der Waals surface area contributed by atoms with Gasteiger partial charge < -0.3 is 0 Å². The number of pyridine rings is 1. The maximum atomic E-state index is 6.44. The Morgan fingerprint density at radius 2 is 1.50 bits per heavy atom. The summed E-state index contributed by atoms with van der Waals surface area (Å²) in [5, 5.41) is 4.31. The second kappa shape index (κ2) is 5.43. The highest BCUT2D eigenvalue weighted by Gasteiger charge is 2.08. The van der Waals surface area contributed by atoms with Crippen LogP contribution in [-0.4, -0.2) is 4.98 Å². The number of para-hydroxylation sites is 1. The molecular formula is C20H14ClN. The van der Waals surface area contributed by atoms with Crippen LogP contribution in [0, 0.1) is 0 Å². The molecule has 0 aliphatic heterocycles. The van der Waals surface area contributed by atoms with Gasteiger partial charge in [0.2, 0.25) is 0 Å². The average molecular weight is 304 g/mol. The van der Waals surface area contributed by atoms with Gasteiger partial charge in [-0.2, -0.15) is 0 Å². The van der Waals surface area contributed by atoms with Crippen LogP contribution in [0.5, 0.6) is 0 Å². The Labute approximate surface area is 134 Å². The topological polar surface area (TPSA) is 12.9 Å². The summed E-state index contributed by atoms with van der Waals surface area (Å²) in [5.74, 6) is 0. The van der Waals surface area contributed by atoms with E-state index >= 15 is 0 Å². The van der Waals surface area contributed by atoms with Crippen molar-refractivity contribution in [2.45, 2.75) is 6.42 Å². The number of halogens is 1. The van der Waals surface area contributed by atoms with Crippen LogP contribution in [0.1, 0.15) is 11.3 Å². The van der Waals surface area contributed by atoms with Gasteiger partial charge in [-0.05, 0) is 28.5 Å². The van der Waals surface area contributed by atoms with Crippen molar-refractivity contribution in [1.29, 1.82) is 0 Å². The molecule has 0 aliphatic rings. The van der Waals surface area contributed by atoms with Gasteiger partial charge >= 0.3 is 0 Å². The van der Waals surface area contributed by atoms with E-state index in [0.717, 1.165) is 28.0 Å². The van der Waals surface area contributed by atoms with Crippen molar-refractivity contribution < 1.29 is 0 Å². The molecule has 4 aromatic rings. The molecule has 22 heavy (non-hydrogen) atoms. The molecule has 0 spiro atoms. The predicted molar refractivity (Wildman–Crippen MR) is 93.5 cm³/mol. The molecule has 0 saturated heterocycles. The highest BCUT2D eigenvalue weighted by molar-refractivity contribution is 6.31. The lowest BCUT2D eigenvalue weighted by atomic mass is 10.0. The zero-order valence-corrected chi connectivity index (χ0v) is 12.7. The van der Waals surface area contributed by atoms with E-state index in [1.54, 1.807) is 0 Å². The number of nitrogens with zero attached hydrogens (tertiary/aromatic N) is 1. The molecule has 0 bridgehead atoms. The van der Waals surface area contributed by atoms with Crippen LogP contribution in [0.2, 0.25) is 5.02 Å². The number of aromatic nitrogens is 1. The molecule has 0 radical (unpaired) electrons. The van der Waals surface area contributed by atoms with Crippen molar-refractivity contribution in [3.05, 3.63) is 89.1 Å². The first-order valence-corrected chi connectivity index (χ1v) is 7.70. The smallest absolute Gasteiger partial charge is 0.0706 e. The van der Waals surface area contributed by atoms with Crippen LogP contribution < -0.4 is 0 Å². The average Bonchev–Trinajstić information content (AvgIpc) is 2.56. The maximum Gasteiger partial charge on any atom is 0.0706 e. The third-order valence-corrected chi connectivity index (χ3v) is 4.32. The van der Waals surface area contributed by atoms with E-state index in [2.05, 4.69) is 42.5 Å². The first-order valence-electron chi connectivity index (χ1n) is 7.32. The fourth-order valence-electron chi connectivity index (χ4n) is 2.88. The zero-order valence-electron chi connectivity index (χ0n) is 12.0. The number of rotatable bonds is 2. The Kier molecular flexibility index (Phi) is 3.28. The molecule has 3 aromatic carbocycles. The van der Waals surface area contributed by atoms with Crippen LogP contribution in [0.3, 0.4) is 0 Å². The lowest BCUT2D eigenvalue weighted by Crippen LogP contribution is -1.95. The molecule has 0 amide bonds. The van der Waals surface area contributed by atoms with Crippen molar-refractivity contribution in [2.75, 3.05) is 0 Å². The van der Waals surface area contributed by atoms with Gasteiger partial charge in [-0.3, -0.25) is 4.98 Å². The van der Waals surface area contributed by atoms with Crippen LogP contribution in [0.25, 0.3) is 21.7 Å². The van der Waals surface area contributed by atoms with E-state index < -0.39 is 0 Å². The molecule has 106 valence electrons. The standard InChI is InChI=1S/C20H14ClN/c21-18-12-16-7-2-4-11-19(16)22-20(18)13-15-9-5-8-14-6-1-3-10-17(14)15/h1-12H,13H2. The second-order valence-electron chi connectivity index (χ2n) is 5.42. The largest absolute Gasteiger partial charge is 0.251 e. The molecule has 0 N–H and O–H groups in total. The van der Waals surface area contributed by atoms with Gasteiger partial charge in [-0.1, -0.05) is 72.3 Å². The van der Waals surface area contributed by atoms with E-state index in [1.165, 1.54) is 16.3 Å². The van der Waals surface area contributed by atoms with Gasteiger partial charge in [0.25, 0.3) is 0 Å². The van der Waals surface area contributed by atoms with Gasteiger partial charge in [-0.15, -0.1) is 0 Å². The Bertz CT molecular complexity index is 970. The molecule has 1 nitrogen and oxygen atoms in total. The molecule has 0 unspecified atom stereocenters. The Hall–Kier alpha value is -2.38. The monoisotopic (exact) mass is 303 g/mol. The van der Waals surface area contributed by atoms with Crippen LogP contribution in [-0.2, 0) is 6.42 Å². The maximum absolute atomic E-state index is 6.44. The molecule has 0 atom stereocenters. The molecule has 1 aromatic heterocycles. The molecule has 1 heterocycles. The number of hydrogen-bond donors (Lipinski definition) is 0. The fourth-order valence-corrected chi connectivity index (χ4v) is 3.11. The van der Waals surface area contributed by atoms with E-state index in [4.69, 9.17) is 16.6 Å². The fraction of sp³-hybridized carbons (Fsp3) is 0.0500. The summed E-state index contributed by atoms with van der Waals surface area (Å²) >= 11 is 6.44. The van der Waals surface area contributed by atoms with E-state index in [9.17, 15) is 0 Å². The van der Waals surface area contributed by atoms with Crippen molar-refractivity contribution >= 4 is 33.3 Å². The zero-order chi connectivity index (χ0) is 14.9. The van der Waals surface area contributed by atoms with Gasteiger partial charge in [-0.25, -0.2) is 0 Å². The number of hydrogen-bond acceptors (Lipinski definition) is 1. The normalized spacial score (nSPS) is 11.1. The van der Waals surface area contributed by atoms with Crippen LogP contribution in [0.4, 0.5) is 0 Å². The minimum absolute atomic E-state index is 0.728. The van der Waals surface area contributed by atoms with Crippen LogP contribution >= 0.6 is 11.6 Å². The Balaban J connectivity index is 1.84. The lowest BCUT2D eigenvalue weighted by Gasteiger charge is -2.09. The van der Waals surface area contributed by atoms with Crippen molar-refractivity contribution in [3.8, 4) is 0 Å². The number of fused-ring (bicyclic) bond motifs is 2. The molecule has 0 saturated carbocycles. The molecule has 0 aliphatic carbocycles. The SMILES string of the molecule is Clc1cc2ccccc2nc1Cc1cccc2ccccc12. The van der Waals surface area contributed by atoms with Crippen molar-refractivity contribution in [1.82, 2.24) is 4.98 Å². The van der Waals surface area contributed by atoms with Crippen molar-refractivity contribution in [2.24, 2.45) is 0 Å². The van der Waals surface area contributed by atoms with Crippen molar-refractivity contribution in [3.63, 3.8) is 0 Å². The van der Waals surface area contributed by atoms with E-state index in [1.807, 2.05) is 30.3 Å². The predicted octanol–water partition coefficient (Wildman–Crippen LogP) is 5.63. The minimum atomic E-state index is 0.728. The molecular weight excluding hydrogens is 290 g/mol. The summed E-state index contributed by atoms with van der Waals surface area (Å²) in [5.41, 5.74) is 3.17. The first-order chi connectivity index (χ1) is 10.8. The second-order valence-corrected chi connectivity index (χ2v) is 5.83. The summed E-state index contributed by atoms with van der Waals surface area (Å²) in [6.07, 6.45) is 0.741. The van der Waals surface area contributed by atoms with Gasteiger partial charge in [0, 0.05) is 11.8 Å². The summed E-state index contributed by atoms with van der Waals surface area (Å²) in [6.45, 7) is 0. The van der Waals surface area contributed by atoms with E-state index in [0.29, 0.717) is 0 Å². The summed E-state index contributed by atoms with van der Waals surface area (Å²) < 4.78 is 0. The van der Waals surface area contributed by atoms with Gasteiger partial charge in [0.1, 0.15) is 0 Å². The lowest BCUT2D eigenvalue weighted by molar-refractivity contribution is 1.11. The third kappa shape index (κ3) is 2.34. The molecule has 4 rings (SSSR count). The van der Waals surface area contributed by atoms with E-state index in [-0.39, 0.29) is 0 Å². The van der Waals surface area contributed by atoms with Crippen LogP contribution in [0.15, 0.2) is 72.8 Å². The van der Waals surface area contributed by atoms with Gasteiger partial charge in [0.15, 0.2) is 0 Å². The number of benzene rings is 3. The summed E-state index contributed by atoms with van der Waals surface area (Å²) in [7, 11) is 0. The molecule has 2 heteroatoms. The molecule has 0 fully saturated rings.